The van der Waals surface area contributed by atoms with Gasteiger partial charge in [-0.25, -0.2) is 0 Å². The minimum absolute atomic E-state index is 0.169. The first-order chi connectivity index (χ1) is 11.7. The second-order valence-electron chi connectivity index (χ2n) is 5.86. The summed E-state index contributed by atoms with van der Waals surface area (Å²) in [5, 5.41) is 19.0. The van der Waals surface area contributed by atoms with Gasteiger partial charge in [0.2, 0.25) is 0 Å². The maximum atomic E-state index is 9.52. The van der Waals surface area contributed by atoms with Crippen LogP contribution in [0.5, 0.6) is 0 Å². The summed E-state index contributed by atoms with van der Waals surface area (Å²) in [6.45, 7) is 4.21. The maximum absolute atomic E-state index is 9.52. The lowest BCUT2D eigenvalue weighted by Gasteiger charge is -2.14. The van der Waals surface area contributed by atoms with Crippen molar-refractivity contribution in [2.24, 2.45) is 0 Å². The lowest BCUT2D eigenvalue weighted by atomic mass is 9.88. The molecule has 0 heterocycles. The van der Waals surface area contributed by atoms with Crippen molar-refractivity contribution in [1.82, 2.24) is 0 Å². The molecule has 0 radical (unpaired) electrons. The number of benzene rings is 2. The van der Waals surface area contributed by atoms with Gasteiger partial charge in [0.1, 0.15) is 17.7 Å². The number of hydrogen-bond donors (Lipinski definition) is 0. The molecule has 3 rings (SSSR count). The molecule has 0 saturated heterocycles. The molecule has 1 aliphatic rings. The number of hydrogen-bond acceptors (Lipinski definition) is 2. The van der Waals surface area contributed by atoms with Crippen LogP contribution >= 0.6 is 0 Å². The van der Waals surface area contributed by atoms with Crippen molar-refractivity contribution in [1.29, 1.82) is 10.5 Å². The van der Waals surface area contributed by atoms with Crippen LogP contribution in [-0.2, 0) is 12.8 Å². The van der Waals surface area contributed by atoms with Crippen LogP contribution < -0.4 is 0 Å². The van der Waals surface area contributed by atoms with E-state index in [1.165, 1.54) is 11.1 Å². The third kappa shape index (κ3) is 2.64. The smallest absolute Gasteiger partial charge is 0.138 e. The van der Waals surface area contributed by atoms with Crippen molar-refractivity contribution in [2.45, 2.75) is 26.7 Å². The van der Waals surface area contributed by atoms with E-state index in [9.17, 15) is 10.5 Å². The van der Waals surface area contributed by atoms with Crippen molar-refractivity contribution in [2.75, 3.05) is 0 Å². The van der Waals surface area contributed by atoms with E-state index in [1.54, 1.807) is 0 Å². The van der Waals surface area contributed by atoms with E-state index < -0.39 is 0 Å². The van der Waals surface area contributed by atoms with Gasteiger partial charge in [0.25, 0.3) is 0 Å². The van der Waals surface area contributed by atoms with Crippen molar-refractivity contribution in [3.63, 3.8) is 0 Å². The third-order valence-electron chi connectivity index (χ3n) is 4.51. The SMILES string of the molecule is CCc1ccc2c(c1)C(=C(C#N)C#N)c1cc(CC)ccc1C=C2. The molecule has 0 spiro atoms. The number of nitriles is 2. The minimum Gasteiger partial charge on any atom is -0.192 e. The van der Waals surface area contributed by atoms with E-state index in [0.717, 1.165) is 40.7 Å². The van der Waals surface area contributed by atoms with Crippen LogP contribution in [0.15, 0.2) is 42.0 Å². The van der Waals surface area contributed by atoms with E-state index in [0.29, 0.717) is 0 Å². The monoisotopic (exact) mass is 310 g/mol. The van der Waals surface area contributed by atoms with Gasteiger partial charge in [-0.2, -0.15) is 10.5 Å². The molecule has 2 nitrogen and oxygen atoms in total. The highest BCUT2D eigenvalue weighted by Gasteiger charge is 2.20. The topological polar surface area (TPSA) is 47.6 Å². The zero-order chi connectivity index (χ0) is 17.1. The van der Waals surface area contributed by atoms with Gasteiger partial charge >= 0.3 is 0 Å². The zero-order valence-corrected chi connectivity index (χ0v) is 13.9. The molecule has 1 aliphatic carbocycles. The van der Waals surface area contributed by atoms with Crippen molar-refractivity contribution in [3.8, 4) is 12.1 Å². The Morgan fingerprint density at radius 2 is 1.25 bits per heavy atom. The van der Waals surface area contributed by atoms with Crippen molar-refractivity contribution in [3.05, 3.63) is 75.4 Å². The first kappa shape index (κ1) is 15.8. The molecule has 0 aromatic heterocycles. The van der Waals surface area contributed by atoms with Crippen LogP contribution in [0.3, 0.4) is 0 Å². The average molecular weight is 310 g/mol. The van der Waals surface area contributed by atoms with Crippen molar-refractivity contribution >= 4 is 17.7 Å². The van der Waals surface area contributed by atoms with Crippen LogP contribution in [0.1, 0.15) is 47.2 Å². The normalized spacial score (nSPS) is 11.8. The van der Waals surface area contributed by atoms with E-state index in [-0.39, 0.29) is 5.57 Å². The van der Waals surface area contributed by atoms with Crippen LogP contribution in [0.4, 0.5) is 0 Å². The summed E-state index contributed by atoms with van der Waals surface area (Å²) in [7, 11) is 0. The number of fused-ring (bicyclic) bond motifs is 2. The second kappa shape index (κ2) is 6.57. The Kier molecular flexibility index (Phi) is 4.32. The molecular weight excluding hydrogens is 292 g/mol. The molecule has 24 heavy (non-hydrogen) atoms. The Balaban J connectivity index is 2.42. The molecule has 0 fully saturated rings. The summed E-state index contributed by atoms with van der Waals surface area (Å²) in [6.07, 6.45) is 5.97. The van der Waals surface area contributed by atoms with Crippen LogP contribution in [0.25, 0.3) is 17.7 Å². The second-order valence-corrected chi connectivity index (χ2v) is 5.86. The van der Waals surface area contributed by atoms with Gasteiger partial charge in [-0.15, -0.1) is 0 Å². The molecule has 0 saturated carbocycles. The van der Waals surface area contributed by atoms with E-state index in [1.807, 2.05) is 0 Å². The van der Waals surface area contributed by atoms with E-state index in [2.05, 4.69) is 74.5 Å². The molecule has 0 N–H and O–H groups in total. The Labute approximate surface area is 143 Å². The molecule has 0 bridgehead atoms. The van der Waals surface area contributed by atoms with Gasteiger partial charge in [-0.3, -0.25) is 0 Å². The minimum atomic E-state index is 0.169. The molecule has 116 valence electrons. The zero-order valence-electron chi connectivity index (χ0n) is 13.9. The van der Waals surface area contributed by atoms with Gasteiger partial charge in [-0.05, 0) is 46.2 Å². The summed E-state index contributed by atoms with van der Waals surface area (Å²) in [5.41, 5.74) is 7.34. The standard InChI is InChI=1S/C22H18N2/c1-3-15-5-7-17-9-10-18-8-6-16(4-2)12-21(18)22(20(17)11-15)19(13-23)14-24/h5-12H,3-4H2,1-2H3. The molecule has 2 aromatic rings. The largest absolute Gasteiger partial charge is 0.192 e. The van der Waals surface area contributed by atoms with Gasteiger partial charge < -0.3 is 0 Å². The quantitative estimate of drug-likeness (QED) is 0.615. The Bertz CT molecular complexity index is 871. The fourth-order valence-electron chi connectivity index (χ4n) is 3.10. The highest BCUT2D eigenvalue weighted by Crippen LogP contribution is 2.37. The Hall–Kier alpha value is -3.10. The predicted molar refractivity (Wildman–Crippen MR) is 97.8 cm³/mol. The van der Waals surface area contributed by atoms with Gasteiger partial charge in [0.15, 0.2) is 0 Å². The van der Waals surface area contributed by atoms with Crippen LogP contribution in [0.2, 0.25) is 0 Å². The van der Waals surface area contributed by atoms with Gasteiger partial charge in [0, 0.05) is 5.57 Å². The average Bonchev–Trinajstić information content (AvgIpc) is 2.79. The molecule has 0 atom stereocenters. The summed E-state index contributed by atoms with van der Waals surface area (Å²) in [4.78, 5) is 0. The summed E-state index contributed by atoms with van der Waals surface area (Å²) in [5.74, 6) is 0. The lowest BCUT2D eigenvalue weighted by molar-refractivity contribution is 1.13. The maximum Gasteiger partial charge on any atom is 0.138 e. The Morgan fingerprint density at radius 3 is 1.62 bits per heavy atom. The first-order valence-electron chi connectivity index (χ1n) is 8.21. The van der Waals surface area contributed by atoms with Gasteiger partial charge in [0.05, 0.1) is 0 Å². The first-order valence-corrected chi connectivity index (χ1v) is 8.21. The summed E-state index contributed by atoms with van der Waals surface area (Å²) >= 11 is 0. The number of nitrogens with zero attached hydrogens (tertiary/aromatic N) is 2. The molecule has 0 aliphatic heterocycles. The molecule has 2 aromatic carbocycles. The number of aryl methyl sites for hydroxylation is 2. The van der Waals surface area contributed by atoms with Gasteiger partial charge in [-0.1, -0.05) is 62.4 Å². The van der Waals surface area contributed by atoms with Crippen LogP contribution in [-0.4, -0.2) is 0 Å². The number of allylic oxidation sites excluding steroid dienone is 1. The lowest BCUT2D eigenvalue weighted by Crippen LogP contribution is -1.98. The molecule has 0 amide bonds. The molecule has 0 unspecified atom stereocenters. The van der Waals surface area contributed by atoms with E-state index >= 15 is 0 Å². The Morgan fingerprint density at radius 1 is 0.792 bits per heavy atom. The molecular formula is C22H18N2. The van der Waals surface area contributed by atoms with Crippen LogP contribution in [0, 0.1) is 22.7 Å². The third-order valence-corrected chi connectivity index (χ3v) is 4.51. The fraction of sp³-hybridized carbons (Fsp3) is 0.182. The highest BCUT2D eigenvalue weighted by atomic mass is 14.3. The highest BCUT2D eigenvalue weighted by molar-refractivity contribution is 5.97. The molecule has 2 heteroatoms. The predicted octanol–water partition coefficient (Wildman–Crippen LogP) is 5.14. The number of rotatable bonds is 2. The van der Waals surface area contributed by atoms with E-state index in [4.69, 9.17) is 0 Å². The summed E-state index contributed by atoms with van der Waals surface area (Å²) in [6, 6.07) is 16.8. The van der Waals surface area contributed by atoms with Crippen molar-refractivity contribution < 1.29 is 0 Å². The fourth-order valence-corrected chi connectivity index (χ4v) is 3.10. The summed E-state index contributed by atoms with van der Waals surface area (Å²) < 4.78 is 0.